The first kappa shape index (κ1) is 15.1. The number of hydrogen-bond acceptors (Lipinski definition) is 8. The molecule has 1 N–H and O–H groups in total. The van der Waals surface area contributed by atoms with Crippen LogP contribution in [-0.2, 0) is 4.74 Å². The number of nitrogens with zero attached hydrogens (tertiary/aromatic N) is 4. The van der Waals surface area contributed by atoms with E-state index in [4.69, 9.17) is 4.74 Å². The van der Waals surface area contributed by atoms with Gasteiger partial charge < -0.3 is 15.0 Å². The first-order chi connectivity index (χ1) is 10.1. The van der Waals surface area contributed by atoms with Crippen LogP contribution in [0.1, 0.15) is 0 Å². The van der Waals surface area contributed by atoms with Crippen LogP contribution in [0.25, 0.3) is 11.0 Å². The molecule has 0 radical (unpaired) electrons. The third kappa shape index (κ3) is 3.86. The highest BCUT2D eigenvalue weighted by Crippen LogP contribution is 2.28. The van der Waals surface area contributed by atoms with Crippen LogP contribution < -0.4 is 5.32 Å². The smallest absolute Gasteiger partial charge is 0.300 e. The molecule has 0 aliphatic carbocycles. The topological polar surface area (TPSA) is 107 Å². The van der Waals surface area contributed by atoms with Gasteiger partial charge in [0.05, 0.1) is 23.8 Å². The molecule has 0 aliphatic rings. The van der Waals surface area contributed by atoms with E-state index in [1.54, 1.807) is 6.07 Å². The van der Waals surface area contributed by atoms with Gasteiger partial charge in [-0.25, -0.2) is 4.63 Å². The molecule has 0 fully saturated rings. The van der Waals surface area contributed by atoms with E-state index in [0.29, 0.717) is 31.0 Å². The Morgan fingerprint density at radius 1 is 1.33 bits per heavy atom. The van der Waals surface area contributed by atoms with Crippen LogP contribution in [0.3, 0.4) is 0 Å². The summed E-state index contributed by atoms with van der Waals surface area (Å²) in [5.74, 6) is 0. The summed E-state index contributed by atoms with van der Waals surface area (Å²) in [4.78, 5) is 12.4. The average molecular weight is 295 g/mol. The van der Waals surface area contributed by atoms with Gasteiger partial charge in [0.25, 0.3) is 0 Å². The van der Waals surface area contributed by atoms with Gasteiger partial charge in [-0.1, -0.05) is 0 Å². The van der Waals surface area contributed by atoms with Gasteiger partial charge in [-0.3, -0.25) is 10.1 Å². The molecule has 0 bridgehead atoms. The van der Waals surface area contributed by atoms with Crippen molar-refractivity contribution in [3.05, 3.63) is 22.2 Å². The summed E-state index contributed by atoms with van der Waals surface area (Å²) in [7, 11) is 3.96. The SMILES string of the molecule is CN(C)CCOCCNc1ccc([N+](=O)[O-])c2nonc12. The van der Waals surface area contributed by atoms with E-state index in [9.17, 15) is 10.1 Å². The normalized spacial score (nSPS) is 11.2. The van der Waals surface area contributed by atoms with Gasteiger partial charge in [-0.05, 0) is 30.5 Å². The quantitative estimate of drug-likeness (QED) is 0.438. The van der Waals surface area contributed by atoms with Crippen LogP contribution in [0.5, 0.6) is 0 Å². The van der Waals surface area contributed by atoms with E-state index in [-0.39, 0.29) is 11.2 Å². The first-order valence-corrected chi connectivity index (χ1v) is 6.45. The van der Waals surface area contributed by atoms with Gasteiger partial charge in [0.1, 0.15) is 0 Å². The van der Waals surface area contributed by atoms with Crippen molar-refractivity contribution in [1.29, 1.82) is 0 Å². The predicted molar refractivity (Wildman–Crippen MR) is 76.3 cm³/mol. The predicted octanol–water partition coefficient (Wildman–Crippen LogP) is 1.12. The van der Waals surface area contributed by atoms with Gasteiger partial charge in [0.2, 0.25) is 5.52 Å². The van der Waals surface area contributed by atoms with Crippen LogP contribution in [0.2, 0.25) is 0 Å². The maximum Gasteiger partial charge on any atom is 0.300 e. The fourth-order valence-electron chi connectivity index (χ4n) is 1.75. The Labute approximate surface area is 121 Å². The number of benzene rings is 1. The van der Waals surface area contributed by atoms with Crippen LogP contribution in [0.4, 0.5) is 11.4 Å². The Morgan fingerprint density at radius 3 is 2.81 bits per heavy atom. The molecule has 0 saturated heterocycles. The van der Waals surface area contributed by atoms with Crippen molar-refractivity contribution >= 4 is 22.4 Å². The van der Waals surface area contributed by atoms with Gasteiger partial charge >= 0.3 is 5.69 Å². The molecule has 114 valence electrons. The molecule has 0 amide bonds. The summed E-state index contributed by atoms with van der Waals surface area (Å²) in [6, 6.07) is 2.96. The molecular formula is C12H17N5O4. The van der Waals surface area contributed by atoms with Crippen molar-refractivity contribution in [3.8, 4) is 0 Å². The molecule has 9 nitrogen and oxygen atoms in total. The van der Waals surface area contributed by atoms with Crippen molar-refractivity contribution in [2.24, 2.45) is 0 Å². The number of nitro benzene ring substituents is 1. The number of ether oxygens (including phenoxy) is 1. The zero-order valence-electron chi connectivity index (χ0n) is 11.9. The van der Waals surface area contributed by atoms with Crippen molar-refractivity contribution in [1.82, 2.24) is 15.2 Å². The summed E-state index contributed by atoms with van der Waals surface area (Å²) < 4.78 is 10.0. The van der Waals surface area contributed by atoms with Gasteiger partial charge in [0, 0.05) is 19.2 Å². The molecule has 9 heteroatoms. The molecule has 0 spiro atoms. The van der Waals surface area contributed by atoms with Gasteiger partial charge in [-0.15, -0.1) is 0 Å². The Morgan fingerprint density at radius 2 is 2.10 bits per heavy atom. The van der Waals surface area contributed by atoms with Crippen LogP contribution >= 0.6 is 0 Å². The third-order valence-corrected chi connectivity index (χ3v) is 2.84. The van der Waals surface area contributed by atoms with E-state index in [2.05, 4.69) is 20.3 Å². The highest BCUT2D eigenvalue weighted by Gasteiger charge is 2.19. The second-order valence-corrected chi connectivity index (χ2v) is 4.69. The lowest BCUT2D eigenvalue weighted by molar-refractivity contribution is -0.383. The minimum atomic E-state index is -0.513. The number of nitro groups is 1. The lowest BCUT2D eigenvalue weighted by atomic mass is 10.2. The maximum atomic E-state index is 10.9. The molecule has 1 aromatic carbocycles. The van der Waals surface area contributed by atoms with E-state index in [0.717, 1.165) is 6.54 Å². The minimum Gasteiger partial charge on any atom is -0.381 e. The highest BCUT2D eigenvalue weighted by molar-refractivity contribution is 5.93. The van der Waals surface area contributed by atoms with E-state index in [1.165, 1.54) is 6.07 Å². The van der Waals surface area contributed by atoms with E-state index < -0.39 is 4.92 Å². The number of likely N-dealkylation sites (N-methyl/N-ethyl adjacent to an activating group) is 1. The molecule has 1 aromatic heterocycles. The zero-order chi connectivity index (χ0) is 15.2. The van der Waals surface area contributed by atoms with Crippen LogP contribution in [-0.4, -0.2) is 60.5 Å². The number of hydrogen-bond donors (Lipinski definition) is 1. The second-order valence-electron chi connectivity index (χ2n) is 4.69. The molecule has 0 unspecified atom stereocenters. The number of nitrogens with one attached hydrogen (secondary N) is 1. The van der Waals surface area contributed by atoms with Crippen molar-refractivity contribution < 1.29 is 14.3 Å². The third-order valence-electron chi connectivity index (χ3n) is 2.84. The fraction of sp³-hybridized carbons (Fsp3) is 0.500. The number of rotatable bonds is 8. The van der Waals surface area contributed by atoms with E-state index >= 15 is 0 Å². The lowest BCUT2D eigenvalue weighted by Crippen LogP contribution is -2.20. The Hall–Kier alpha value is -2.26. The molecule has 0 saturated carbocycles. The summed E-state index contributed by atoms with van der Waals surface area (Å²) in [5, 5.41) is 21.2. The summed E-state index contributed by atoms with van der Waals surface area (Å²) in [5.41, 5.74) is 0.989. The molecule has 21 heavy (non-hydrogen) atoms. The summed E-state index contributed by atoms with van der Waals surface area (Å²) in [6.07, 6.45) is 0. The minimum absolute atomic E-state index is 0.126. The van der Waals surface area contributed by atoms with Crippen LogP contribution in [0, 0.1) is 10.1 Å². The molecule has 0 aliphatic heterocycles. The van der Waals surface area contributed by atoms with Gasteiger partial charge in [-0.2, -0.15) is 0 Å². The molecule has 2 aromatic rings. The van der Waals surface area contributed by atoms with Crippen molar-refractivity contribution in [2.75, 3.05) is 45.7 Å². The average Bonchev–Trinajstić information content (AvgIpc) is 2.91. The van der Waals surface area contributed by atoms with Gasteiger partial charge in [0.15, 0.2) is 5.52 Å². The standard InChI is InChI=1S/C12H17N5O4/c1-16(2)6-8-20-7-5-13-9-3-4-10(17(18)19)12-11(9)14-21-15-12/h3-4,13H,5-8H2,1-2H3. The Bertz CT molecular complexity index is 613. The summed E-state index contributed by atoms with van der Waals surface area (Å²) in [6.45, 7) is 2.59. The zero-order valence-corrected chi connectivity index (χ0v) is 11.9. The van der Waals surface area contributed by atoms with E-state index in [1.807, 2.05) is 19.0 Å². The van der Waals surface area contributed by atoms with Crippen molar-refractivity contribution in [2.45, 2.75) is 0 Å². The summed E-state index contributed by atoms with van der Waals surface area (Å²) >= 11 is 0. The molecule has 2 rings (SSSR count). The highest BCUT2D eigenvalue weighted by atomic mass is 16.6. The van der Waals surface area contributed by atoms with Crippen molar-refractivity contribution in [3.63, 3.8) is 0 Å². The largest absolute Gasteiger partial charge is 0.381 e. The lowest BCUT2D eigenvalue weighted by Gasteiger charge is -2.10. The second kappa shape index (κ2) is 6.95. The molecular weight excluding hydrogens is 278 g/mol. The number of anilines is 1. The number of non-ortho nitro benzene ring substituents is 1. The number of fused-ring (bicyclic) bond motifs is 1. The van der Waals surface area contributed by atoms with Crippen LogP contribution in [0.15, 0.2) is 16.8 Å². The Balaban J connectivity index is 1.93. The fourth-order valence-corrected chi connectivity index (χ4v) is 1.75. The molecule has 0 atom stereocenters. The number of aromatic nitrogens is 2. The Kier molecular flexibility index (Phi) is 5.01. The first-order valence-electron chi connectivity index (χ1n) is 6.45. The molecule has 1 heterocycles. The monoisotopic (exact) mass is 295 g/mol. The maximum absolute atomic E-state index is 10.9.